The van der Waals surface area contributed by atoms with Crippen molar-refractivity contribution in [1.82, 2.24) is 10.3 Å². The average molecular weight is 654 g/mol. The summed E-state index contributed by atoms with van der Waals surface area (Å²) < 4.78 is 16.7. The minimum atomic E-state index is -1.27. The molecule has 3 aromatic carbocycles. The van der Waals surface area contributed by atoms with E-state index in [0.29, 0.717) is 29.2 Å². The van der Waals surface area contributed by atoms with Crippen molar-refractivity contribution in [1.29, 1.82) is 0 Å². The van der Waals surface area contributed by atoms with Crippen LogP contribution in [0.15, 0.2) is 91.1 Å². The van der Waals surface area contributed by atoms with Crippen LogP contribution in [0, 0.1) is 0 Å². The summed E-state index contributed by atoms with van der Waals surface area (Å²) in [6, 6.07) is 21.1. The Balaban J connectivity index is 1.32. The maximum Gasteiger partial charge on any atom is 0.343 e. The van der Waals surface area contributed by atoms with Gasteiger partial charge in [-0.05, 0) is 84.8 Å². The Morgan fingerprint density at radius 2 is 1.54 bits per heavy atom. The quantitative estimate of drug-likeness (QED) is 0.0673. The second-order valence-corrected chi connectivity index (χ2v) is 11.0. The van der Waals surface area contributed by atoms with Crippen LogP contribution in [0.5, 0.6) is 17.2 Å². The van der Waals surface area contributed by atoms with Crippen LogP contribution in [0.2, 0.25) is 0 Å². The van der Waals surface area contributed by atoms with Crippen LogP contribution in [-0.4, -0.2) is 53.6 Å². The highest BCUT2D eigenvalue weighted by Gasteiger charge is 2.23. The number of unbranched alkanes of at least 4 members (excludes halogenated alkanes) is 4. The van der Waals surface area contributed by atoms with Gasteiger partial charge in [-0.1, -0.05) is 44.7 Å². The summed E-state index contributed by atoms with van der Waals surface area (Å²) in [5.41, 5.74) is 1.75. The lowest BCUT2D eigenvalue weighted by molar-refractivity contribution is -0.139. The van der Waals surface area contributed by atoms with Crippen molar-refractivity contribution in [2.24, 2.45) is 0 Å². The minimum Gasteiger partial charge on any atom is -0.494 e. The zero-order valence-corrected chi connectivity index (χ0v) is 26.9. The molecule has 1 atom stereocenters. The third kappa shape index (κ3) is 10.4. The van der Waals surface area contributed by atoms with Crippen molar-refractivity contribution in [2.45, 2.75) is 51.5 Å². The SMILES string of the molecule is CCCCCCCOc1ccc(C(=O)Oc2ccc(CC(NC(=O)c3ccc(NC(=O)c4ccccn4)cc3)C(=O)O)cc2OC)cc1. The number of aromatic nitrogens is 1. The number of aliphatic carboxylic acids is 1. The van der Waals surface area contributed by atoms with Gasteiger partial charge in [-0.2, -0.15) is 0 Å². The molecule has 0 bridgehead atoms. The molecular formula is C37H39N3O8. The van der Waals surface area contributed by atoms with Gasteiger partial charge in [0.15, 0.2) is 11.5 Å². The molecule has 0 spiro atoms. The van der Waals surface area contributed by atoms with Crippen LogP contribution in [0.1, 0.15) is 75.8 Å². The topological polar surface area (TPSA) is 153 Å². The Kier molecular flexibility index (Phi) is 13.1. The number of carboxylic acid groups (broad SMARTS) is 1. The molecule has 0 fully saturated rings. The Bertz CT molecular complexity index is 1680. The number of nitrogens with one attached hydrogen (secondary N) is 2. The number of anilines is 1. The van der Waals surface area contributed by atoms with Crippen LogP contribution in [-0.2, 0) is 11.2 Å². The van der Waals surface area contributed by atoms with Crippen molar-refractivity contribution in [3.63, 3.8) is 0 Å². The van der Waals surface area contributed by atoms with Gasteiger partial charge in [-0.25, -0.2) is 9.59 Å². The predicted molar refractivity (Wildman–Crippen MR) is 180 cm³/mol. The maximum absolute atomic E-state index is 12.9. The molecule has 1 unspecified atom stereocenters. The number of methoxy groups -OCH3 is 1. The number of nitrogens with zero attached hydrogens (tertiary/aromatic N) is 1. The van der Waals surface area contributed by atoms with E-state index in [-0.39, 0.29) is 29.2 Å². The van der Waals surface area contributed by atoms with Gasteiger partial charge in [0.2, 0.25) is 0 Å². The number of pyridine rings is 1. The monoisotopic (exact) mass is 653 g/mol. The molecule has 0 saturated carbocycles. The van der Waals surface area contributed by atoms with E-state index in [2.05, 4.69) is 22.5 Å². The molecule has 0 aliphatic rings. The highest BCUT2D eigenvalue weighted by Crippen LogP contribution is 2.30. The average Bonchev–Trinajstić information content (AvgIpc) is 3.10. The van der Waals surface area contributed by atoms with Gasteiger partial charge < -0.3 is 30.0 Å². The van der Waals surface area contributed by atoms with E-state index in [1.165, 1.54) is 62.9 Å². The molecule has 2 amide bonds. The highest BCUT2D eigenvalue weighted by atomic mass is 16.6. The van der Waals surface area contributed by atoms with Gasteiger partial charge in [-0.15, -0.1) is 0 Å². The largest absolute Gasteiger partial charge is 0.494 e. The molecule has 11 nitrogen and oxygen atoms in total. The summed E-state index contributed by atoms with van der Waals surface area (Å²) in [5.74, 6) is -1.78. The summed E-state index contributed by atoms with van der Waals surface area (Å²) >= 11 is 0. The number of ether oxygens (including phenoxy) is 3. The molecule has 1 aromatic heterocycles. The number of benzene rings is 3. The lowest BCUT2D eigenvalue weighted by atomic mass is 10.0. The second kappa shape index (κ2) is 17.8. The maximum atomic E-state index is 12.9. The first-order chi connectivity index (χ1) is 23.3. The normalized spacial score (nSPS) is 11.2. The summed E-state index contributed by atoms with van der Waals surface area (Å²) in [5, 5.41) is 15.1. The Hall–Kier alpha value is -5.71. The van der Waals surface area contributed by atoms with E-state index in [1.807, 2.05) is 0 Å². The zero-order valence-electron chi connectivity index (χ0n) is 26.9. The molecule has 48 heavy (non-hydrogen) atoms. The first-order valence-corrected chi connectivity index (χ1v) is 15.8. The smallest absolute Gasteiger partial charge is 0.343 e. The standard InChI is InChI=1S/C37H39N3O8/c1-3-4-5-6-9-22-47-29-18-14-27(15-19-29)37(45)48-32-20-11-25(24-33(32)46-2)23-31(36(43)44)40-34(41)26-12-16-28(17-13-26)39-35(42)30-10-7-8-21-38-30/h7-8,10-21,24,31H,3-6,9,22-23H2,1-2H3,(H,39,42)(H,40,41)(H,43,44). The Labute approximate surface area is 279 Å². The fourth-order valence-corrected chi connectivity index (χ4v) is 4.74. The third-order valence-electron chi connectivity index (χ3n) is 7.38. The van der Waals surface area contributed by atoms with Crippen LogP contribution in [0.4, 0.5) is 5.69 Å². The molecule has 3 N–H and O–H groups in total. The van der Waals surface area contributed by atoms with Gasteiger partial charge >= 0.3 is 11.9 Å². The predicted octanol–water partition coefficient (Wildman–Crippen LogP) is 6.34. The van der Waals surface area contributed by atoms with Crippen molar-refractivity contribution in [3.05, 3.63) is 114 Å². The fourth-order valence-electron chi connectivity index (χ4n) is 4.74. The third-order valence-corrected chi connectivity index (χ3v) is 7.38. The first-order valence-electron chi connectivity index (χ1n) is 15.8. The molecule has 0 aliphatic heterocycles. The minimum absolute atomic E-state index is 0.0655. The summed E-state index contributed by atoms with van der Waals surface area (Å²) in [4.78, 5) is 54.1. The number of esters is 1. The number of amides is 2. The molecule has 250 valence electrons. The van der Waals surface area contributed by atoms with Crippen LogP contribution < -0.4 is 24.8 Å². The van der Waals surface area contributed by atoms with Crippen molar-refractivity contribution in [3.8, 4) is 17.2 Å². The first kappa shape index (κ1) is 35.1. The number of carbonyl (C=O) groups is 4. The van der Waals surface area contributed by atoms with Crippen molar-refractivity contribution < 1.29 is 38.5 Å². The van der Waals surface area contributed by atoms with Crippen molar-refractivity contribution in [2.75, 3.05) is 19.0 Å². The molecule has 11 heteroatoms. The van der Waals surface area contributed by atoms with Crippen LogP contribution >= 0.6 is 0 Å². The Morgan fingerprint density at radius 3 is 2.21 bits per heavy atom. The van der Waals surface area contributed by atoms with Crippen molar-refractivity contribution >= 4 is 29.4 Å². The van der Waals surface area contributed by atoms with E-state index < -0.39 is 29.8 Å². The Morgan fingerprint density at radius 1 is 0.812 bits per heavy atom. The summed E-state index contributed by atoms with van der Waals surface area (Å²) in [6.45, 7) is 2.79. The van der Waals surface area contributed by atoms with Gasteiger partial charge in [0, 0.05) is 23.9 Å². The van der Waals surface area contributed by atoms with E-state index in [9.17, 15) is 24.3 Å². The molecule has 0 radical (unpaired) electrons. The van der Waals surface area contributed by atoms with E-state index in [0.717, 1.165) is 12.8 Å². The molecule has 1 heterocycles. The molecule has 0 saturated heterocycles. The number of hydrogen-bond acceptors (Lipinski definition) is 8. The van der Waals surface area contributed by atoms with Gasteiger partial charge in [-0.3, -0.25) is 14.6 Å². The van der Waals surface area contributed by atoms with Gasteiger partial charge in [0.05, 0.1) is 19.3 Å². The van der Waals surface area contributed by atoms with E-state index in [1.54, 1.807) is 54.6 Å². The number of rotatable bonds is 17. The lowest BCUT2D eigenvalue weighted by Crippen LogP contribution is -2.42. The highest BCUT2D eigenvalue weighted by molar-refractivity contribution is 6.03. The van der Waals surface area contributed by atoms with E-state index >= 15 is 0 Å². The summed E-state index contributed by atoms with van der Waals surface area (Å²) in [7, 11) is 1.41. The molecular weight excluding hydrogens is 614 g/mol. The number of carboxylic acids is 1. The fraction of sp³-hybridized carbons (Fsp3) is 0.270. The van der Waals surface area contributed by atoms with E-state index in [4.69, 9.17) is 14.2 Å². The molecule has 0 aliphatic carbocycles. The summed E-state index contributed by atoms with van der Waals surface area (Å²) in [6.07, 6.45) is 7.15. The molecule has 4 rings (SSSR count). The lowest BCUT2D eigenvalue weighted by Gasteiger charge is -2.16. The zero-order chi connectivity index (χ0) is 34.3. The molecule has 4 aromatic rings. The van der Waals surface area contributed by atoms with Crippen LogP contribution in [0.25, 0.3) is 0 Å². The van der Waals surface area contributed by atoms with Gasteiger partial charge in [0.25, 0.3) is 11.8 Å². The van der Waals surface area contributed by atoms with Crippen LogP contribution in [0.3, 0.4) is 0 Å². The number of hydrogen-bond donors (Lipinski definition) is 3. The second-order valence-electron chi connectivity index (χ2n) is 11.0. The van der Waals surface area contributed by atoms with Gasteiger partial charge in [0.1, 0.15) is 17.5 Å². The number of carbonyl (C=O) groups excluding carboxylic acids is 3.